The molecule has 0 atom stereocenters. The van der Waals surface area contributed by atoms with Gasteiger partial charge in [0.15, 0.2) is 0 Å². The zero-order chi connectivity index (χ0) is 12.2. The van der Waals surface area contributed by atoms with Crippen molar-refractivity contribution >= 4 is 5.97 Å². The van der Waals surface area contributed by atoms with Gasteiger partial charge in [-0.2, -0.15) is 0 Å². The van der Waals surface area contributed by atoms with Crippen molar-refractivity contribution in [1.82, 2.24) is 5.32 Å². The predicted octanol–water partition coefficient (Wildman–Crippen LogP) is 1.57. The van der Waals surface area contributed by atoms with Crippen molar-refractivity contribution in [3.8, 4) is 12.3 Å². The van der Waals surface area contributed by atoms with E-state index in [4.69, 9.17) is 10.8 Å². The maximum absolute atomic E-state index is 11.1. The summed E-state index contributed by atoms with van der Waals surface area (Å²) in [6.07, 6.45) is 6.69. The van der Waals surface area contributed by atoms with Crippen molar-refractivity contribution in [2.45, 2.75) is 25.9 Å². The minimum atomic E-state index is -0.411. The highest BCUT2D eigenvalue weighted by Crippen LogP contribution is 2.10. The van der Waals surface area contributed by atoms with Crippen molar-refractivity contribution in [3.63, 3.8) is 0 Å². The van der Waals surface area contributed by atoms with Gasteiger partial charge in [-0.15, -0.1) is 6.42 Å². The molecule has 0 bridgehead atoms. The number of terminal acetylenes is 1. The van der Waals surface area contributed by atoms with Crippen molar-refractivity contribution in [1.29, 1.82) is 0 Å². The Labute approximate surface area is 95.0 Å². The monoisotopic (exact) mass is 221 g/mol. The number of ether oxygens (including phenoxy) is 1. The standard InChI is InChI=1S/C12H15NO3/c1-5-12(2,3)13-7-10-6-9(8-16-10)11(14)15-4/h1,6,8,13H,7H2,2-4H3. The normalized spacial score (nSPS) is 10.9. The summed E-state index contributed by atoms with van der Waals surface area (Å²) in [7, 11) is 1.33. The fraction of sp³-hybridized carbons (Fsp3) is 0.417. The molecule has 0 unspecified atom stereocenters. The lowest BCUT2D eigenvalue weighted by Gasteiger charge is -2.18. The van der Waals surface area contributed by atoms with E-state index in [1.807, 2.05) is 13.8 Å². The highest BCUT2D eigenvalue weighted by atomic mass is 16.5. The van der Waals surface area contributed by atoms with E-state index in [0.29, 0.717) is 17.9 Å². The Morgan fingerprint density at radius 1 is 1.69 bits per heavy atom. The molecule has 16 heavy (non-hydrogen) atoms. The maximum Gasteiger partial charge on any atom is 0.341 e. The molecule has 0 saturated carbocycles. The van der Waals surface area contributed by atoms with Crippen LogP contribution in [0.4, 0.5) is 0 Å². The summed E-state index contributed by atoms with van der Waals surface area (Å²) >= 11 is 0. The molecule has 86 valence electrons. The Bertz CT molecular complexity index is 412. The molecule has 1 aromatic rings. The third kappa shape index (κ3) is 3.14. The van der Waals surface area contributed by atoms with Crippen LogP contribution in [-0.2, 0) is 11.3 Å². The number of rotatable bonds is 4. The molecular formula is C12H15NO3. The van der Waals surface area contributed by atoms with Crippen LogP contribution in [0.1, 0.15) is 30.0 Å². The summed E-state index contributed by atoms with van der Waals surface area (Å²) in [5.41, 5.74) is -0.00379. The molecular weight excluding hydrogens is 206 g/mol. The van der Waals surface area contributed by atoms with Crippen LogP contribution < -0.4 is 5.32 Å². The highest BCUT2D eigenvalue weighted by Gasteiger charge is 2.15. The van der Waals surface area contributed by atoms with Crippen molar-refractivity contribution < 1.29 is 13.9 Å². The number of esters is 1. The molecule has 1 heterocycles. The molecule has 0 fully saturated rings. The Hall–Kier alpha value is -1.73. The number of methoxy groups -OCH3 is 1. The number of carbonyl (C=O) groups excluding carboxylic acids is 1. The highest BCUT2D eigenvalue weighted by molar-refractivity contribution is 5.88. The van der Waals surface area contributed by atoms with Crippen LogP contribution in [0, 0.1) is 12.3 Å². The second-order valence-electron chi connectivity index (χ2n) is 3.92. The van der Waals surface area contributed by atoms with Crippen LogP contribution in [0.15, 0.2) is 16.7 Å². The summed E-state index contributed by atoms with van der Waals surface area (Å²) in [6, 6.07) is 1.63. The molecule has 0 aliphatic heterocycles. The van der Waals surface area contributed by atoms with Crippen LogP contribution >= 0.6 is 0 Å². The van der Waals surface area contributed by atoms with Gasteiger partial charge in [-0.3, -0.25) is 5.32 Å². The second kappa shape index (κ2) is 4.86. The van der Waals surface area contributed by atoms with Crippen LogP contribution in [-0.4, -0.2) is 18.6 Å². The molecule has 4 nitrogen and oxygen atoms in total. The van der Waals surface area contributed by atoms with E-state index in [2.05, 4.69) is 16.0 Å². The third-order valence-corrected chi connectivity index (χ3v) is 2.14. The average molecular weight is 221 g/mol. The summed E-state index contributed by atoms with van der Waals surface area (Å²) in [5, 5.41) is 3.11. The Morgan fingerprint density at radius 3 is 2.94 bits per heavy atom. The Balaban J connectivity index is 2.60. The lowest BCUT2D eigenvalue weighted by atomic mass is 10.1. The molecule has 0 spiro atoms. The first-order chi connectivity index (χ1) is 7.48. The summed E-state index contributed by atoms with van der Waals surface area (Å²) in [5.74, 6) is 2.84. The first-order valence-electron chi connectivity index (χ1n) is 4.87. The average Bonchev–Trinajstić information content (AvgIpc) is 2.74. The lowest BCUT2D eigenvalue weighted by molar-refractivity contribution is 0.0600. The minimum Gasteiger partial charge on any atom is -0.467 e. The van der Waals surface area contributed by atoms with Gasteiger partial charge in [0.2, 0.25) is 0 Å². The van der Waals surface area contributed by atoms with E-state index in [-0.39, 0.29) is 0 Å². The zero-order valence-electron chi connectivity index (χ0n) is 9.66. The summed E-state index contributed by atoms with van der Waals surface area (Å²) in [6.45, 7) is 4.24. The van der Waals surface area contributed by atoms with Gasteiger partial charge in [0.25, 0.3) is 0 Å². The number of hydrogen-bond donors (Lipinski definition) is 1. The molecule has 0 aliphatic carbocycles. The van der Waals surface area contributed by atoms with E-state index in [1.54, 1.807) is 6.07 Å². The van der Waals surface area contributed by atoms with E-state index >= 15 is 0 Å². The number of hydrogen-bond acceptors (Lipinski definition) is 4. The SMILES string of the molecule is C#CC(C)(C)NCc1cc(C(=O)OC)co1. The molecule has 0 saturated heterocycles. The first kappa shape index (κ1) is 12.3. The van der Waals surface area contributed by atoms with Gasteiger partial charge in [0.05, 0.1) is 24.8 Å². The van der Waals surface area contributed by atoms with Crippen LogP contribution in [0.25, 0.3) is 0 Å². The predicted molar refractivity (Wildman–Crippen MR) is 59.8 cm³/mol. The molecule has 0 amide bonds. The van der Waals surface area contributed by atoms with E-state index in [9.17, 15) is 4.79 Å². The van der Waals surface area contributed by atoms with Crippen LogP contribution in [0.3, 0.4) is 0 Å². The molecule has 0 radical (unpaired) electrons. The molecule has 0 aromatic carbocycles. The zero-order valence-corrected chi connectivity index (χ0v) is 9.66. The van der Waals surface area contributed by atoms with Gasteiger partial charge < -0.3 is 9.15 Å². The van der Waals surface area contributed by atoms with Crippen LogP contribution in [0.2, 0.25) is 0 Å². The Morgan fingerprint density at radius 2 is 2.38 bits per heavy atom. The van der Waals surface area contributed by atoms with Crippen molar-refractivity contribution in [2.75, 3.05) is 7.11 Å². The number of furan rings is 1. The third-order valence-electron chi connectivity index (χ3n) is 2.14. The van der Waals surface area contributed by atoms with Gasteiger partial charge in [-0.25, -0.2) is 4.79 Å². The topological polar surface area (TPSA) is 51.5 Å². The second-order valence-corrected chi connectivity index (χ2v) is 3.92. The lowest BCUT2D eigenvalue weighted by Crippen LogP contribution is -2.36. The molecule has 1 aromatic heterocycles. The number of carbonyl (C=O) groups is 1. The van der Waals surface area contributed by atoms with E-state index < -0.39 is 11.5 Å². The fourth-order valence-electron chi connectivity index (χ4n) is 1.06. The fourth-order valence-corrected chi connectivity index (χ4v) is 1.06. The van der Waals surface area contributed by atoms with Gasteiger partial charge >= 0.3 is 5.97 Å². The summed E-state index contributed by atoms with van der Waals surface area (Å²) in [4.78, 5) is 11.1. The van der Waals surface area contributed by atoms with Gasteiger partial charge in [-0.05, 0) is 19.9 Å². The molecule has 1 rings (SSSR count). The minimum absolute atomic E-state index is 0.401. The Kier molecular flexibility index (Phi) is 3.75. The van der Waals surface area contributed by atoms with Gasteiger partial charge in [0.1, 0.15) is 12.0 Å². The molecule has 1 N–H and O–H groups in total. The molecule has 0 aliphatic rings. The summed E-state index contributed by atoms with van der Waals surface area (Å²) < 4.78 is 9.76. The smallest absolute Gasteiger partial charge is 0.341 e. The largest absolute Gasteiger partial charge is 0.467 e. The van der Waals surface area contributed by atoms with Gasteiger partial charge in [0, 0.05) is 0 Å². The van der Waals surface area contributed by atoms with Gasteiger partial charge in [-0.1, -0.05) is 5.92 Å². The van der Waals surface area contributed by atoms with Crippen molar-refractivity contribution in [2.24, 2.45) is 0 Å². The molecule has 4 heteroatoms. The first-order valence-corrected chi connectivity index (χ1v) is 4.87. The number of nitrogens with one attached hydrogen (secondary N) is 1. The van der Waals surface area contributed by atoms with Crippen LogP contribution in [0.5, 0.6) is 0 Å². The maximum atomic E-state index is 11.1. The van der Waals surface area contributed by atoms with E-state index in [1.165, 1.54) is 13.4 Å². The van der Waals surface area contributed by atoms with Crippen molar-refractivity contribution in [3.05, 3.63) is 23.7 Å². The van der Waals surface area contributed by atoms with E-state index in [0.717, 1.165) is 0 Å². The quantitative estimate of drug-likeness (QED) is 0.619.